The molecule has 0 aliphatic heterocycles. The standard InChI is InChI=1S/C24H34N2/c1-17(2)24(6,7)22-11-9-8-10-21(22)16-25-12-13-26-23-19(4)14-18(3)15-20(23)5/h8-15,17,25-26H,16H2,1-7H3/b13-12-. The van der Waals surface area contributed by atoms with Gasteiger partial charge >= 0.3 is 0 Å². The molecule has 2 nitrogen and oxygen atoms in total. The summed E-state index contributed by atoms with van der Waals surface area (Å²) in [5, 5.41) is 6.85. The molecule has 2 aromatic carbocycles. The van der Waals surface area contributed by atoms with Crippen molar-refractivity contribution < 1.29 is 0 Å². The predicted octanol–water partition coefficient (Wildman–Crippen LogP) is 6.22. The second kappa shape index (κ2) is 8.44. The monoisotopic (exact) mass is 350 g/mol. The summed E-state index contributed by atoms with van der Waals surface area (Å²) in [4.78, 5) is 0. The highest BCUT2D eigenvalue weighted by Crippen LogP contribution is 2.33. The maximum atomic E-state index is 3.43. The van der Waals surface area contributed by atoms with Crippen LogP contribution in [0.15, 0.2) is 48.8 Å². The third-order valence-electron chi connectivity index (χ3n) is 5.55. The van der Waals surface area contributed by atoms with Crippen molar-refractivity contribution in [1.29, 1.82) is 0 Å². The van der Waals surface area contributed by atoms with Crippen molar-refractivity contribution in [3.8, 4) is 0 Å². The van der Waals surface area contributed by atoms with Gasteiger partial charge in [0, 0.05) is 24.6 Å². The SMILES string of the molecule is Cc1cc(C)c(N/C=C\NCc2ccccc2C(C)(C)C(C)C)c(C)c1. The smallest absolute Gasteiger partial charge is 0.0439 e. The van der Waals surface area contributed by atoms with Crippen molar-refractivity contribution in [2.45, 2.75) is 60.4 Å². The van der Waals surface area contributed by atoms with Crippen LogP contribution in [0.25, 0.3) is 0 Å². The number of benzene rings is 2. The Morgan fingerprint density at radius 3 is 2.19 bits per heavy atom. The normalized spacial score (nSPS) is 12.0. The van der Waals surface area contributed by atoms with Crippen LogP contribution in [0.5, 0.6) is 0 Å². The van der Waals surface area contributed by atoms with Gasteiger partial charge in [0.25, 0.3) is 0 Å². The zero-order chi connectivity index (χ0) is 19.3. The maximum Gasteiger partial charge on any atom is 0.0439 e. The van der Waals surface area contributed by atoms with Crippen molar-refractivity contribution in [3.63, 3.8) is 0 Å². The van der Waals surface area contributed by atoms with E-state index in [1.165, 1.54) is 33.5 Å². The second-order valence-corrected chi connectivity index (χ2v) is 8.17. The van der Waals surface area contributed by atoms with E-state index in [2.05, 4.69) is 95.5 Å². The first-order chi connectivity index (χ1) is 12.2. The van der Waals surface area contributed by atoms with Crippen molar-refractivity contribution in [2.75, 3.05) is 5.32 Å². The molecular formula is C24H34N2. The lowest BCUT2D eigenvalue weighted by atomic mass is 9.73. The summed E-state index contributed by atoms with van der Waals surface area (Å²) in [7, 11) is 0. The minimum atomic E-state index is 0.163. The molecule has 0 heterocycles. The van der Waals surface area contributed by atoms with E-state index in [1.807, 2.05) is 12.4 Å². The molecule has 0 saturated heterocycles. The van der Waals surface area contributed by atoms with E-state index >= 15 is 0 Å². The number of hydrogen-bond acceptors (Lipinski definition) is 2. The first-order valence-electron chi connectivity index (χ1n) is 9.54. The van der Waals surface area contributed by atoms with Crippen LogP contribution in [0.3, 0.4) is 0 Å². The van der Waals surface area contributed by atoms with Gasteiger partial charge in [-0.05, 0) is 54.4 Å². The van der Waals surface area contributed by atoms with Gasteiger partial charge in [-0.15, -0.1) is 0 Å². The zero-order valence-electron chi connectivity index (χ0n) is 17.4. The summed E-state index contributed by atoms with van der Waals surface area (Å²) < 4.78 is 0. The van der Waals surface area contributed by atoms with Crippen molar-refractivity contribution in [2.24, 2.45) is 5.92 Å². The molecule has 0 aromatic heterocycles. The number of nitrogens with one attached hydrogen (secondary N) is 2. The molecule has 0 radical (unpaired) electrons. The molecule has 0 bridgehead atoms. The molecule has 0 saturated carbocycles. The van der Waals surface area contributed by atoms with Gasteiger partial charge in [-0.3, -0.25) is 0 Å². The van der Waals surface area contributed by atoms with E-state index in [1.54, 1.807) is 0 Å². The molecular weight excluding hydrogens is 316 g/mol. The van der Waals surface area contributed by atoms with Gasteiger partial charge in [-0.1, -0.05) is 69.7 Å². The van der Waals surface area contributed by atoms with Gasteiger partial charge in [0.05, 0.1) is 0 Å². The average Bonchev–Trinajstić information content (AvgIpc) is 2.56. The highest BCUT2D eigenvalue weighted by atomic mass is 14.9. The van der Waals surface area contributed by atoms with E-state index in [9.17, 15) is 0 Å². The molecule has 2 N–H and O–H groups in total. The summed E-state index contributed by atoms with van der Waals surface area (Å²) >= 11 is 0. The maximum absolute atomic E-state index is 3.43. The van der Waals surface area contributed by atoms with Crippen LogP contribution in [0.4, 0.5) is 5.69 Å². The van der Waals surface area contributed by atoms with Gasteiger partial charge in [-0.2, -0.15) is 0 Å². The molecule has 2 heteroatoms. The molecule has 0 aliphatic rings. The van der Waals surface area contributed by atoms with Crippen molar-refractivity contribution in [3.05, 3.63) is 76.6 Å². The molecule has 2 rings (SSSR count). The molecule has 2 aromatic rings. The highest BCUT2D eigenvalue weighted by Gasteiger charge is 2.26. The van der Waals surface area contributed by atoms with Crippen LogP contribution < -0.4 is 10.6 Å². The largest absolute Gasteiger partial charge is 0.386 e. The summed E-state index contributed by atoms with van der Waals surface area (Å²) in [5.74, 6) is 0.591. The van der Waals surface area contributed by atoms with Crippen LogP contribution in [0, 0.1) is 26.7 Å². The third kappa shape index (κ3) is 4.69. The van der Waals surface area contributed by atoms with E-state index in [0.717, 1.165) is 6.54 Å². The van der Waals surface area contributed by atoms with E-state index < -0.39 is 0 Å². The lowest BCUT2D eigenvalue weighted by Gasteiger charge is -2.32. The minimum Gasteiger partial charge on any atom is -0.386 e. The Kier molecular flexibility index (Phi) is 6.52. The van der Waals surface area contributed by atoms with Crippen LogP contribution in [-0.2, 0) is 12.0 Å². The molecule has 0 spiro atoms. The fourth-order valence-corrected chi connectivity index (χ4v) is 3.37. The summed E-state index contributed by atoms with van der Waals surface area (Å²) in [5.41, 5.74) is 7.99. The Hall–Kier alpha value is -2.22. The first-order valence-corrected chi connectivity index (χ1v) is 9.54. The summed E-state index contributed by atoms with van der Waals surface area (Å²) in [6.45, 7) is 16.5. The fraction of sp³-hybridized carbons (Fsp3) is 0.417. The van der Waals surface area contributed by atoms with Crippen molar-refractivity contribution in [1.82, 2.24) is 5.32 Å². The first kappa shape index (κ1) is 20.1. The van der Waals surface area contributed by atoms with E-state index in [-0.39, 0.29) is 5.41 Å². The Balaban J connectivity index is 2.02. The Morgan fingerprint density at radius 2 is 1.58 bits per heavy atom. The van der Waals surface area contributed by atoms with E-state index in [4.69, 9.17) is 0 Å². The van der Waals surface area contributed by atoms with Gasteiger partial charge in [0.2, 0.25) is 0 Å². The number of anilines is 1. The van der Waals surface area contributed by atoms with Crippen LogP contribution in [0.1, 0.15) is 55.5 Å². The van der Waals surface area contributed by atoms with Crippen LogP contribution in [0.2, 0.25) is 0 Å². The zero-order valence-corrected chi connectivity index (χ0v) is 17.4. The number of rotatable bonds is 7. The summed E-state index contributed by atoms with van der Waals surface area (Å²) in [6, 6.07) is 13.2. The number of hydrogen-bond donors (Lipinski definition) is 2. The molecule has 0 fully saturated rings. The quantitative estimate of drug-likeness (QED) is 0.619. The highest BCUT2D eigenvalue weighted by molar-refractivity contribution is 5.59. The third-order valence-corrected chi connectivity index (χ3v) is 5.55. The van der Waals surface area contributed by atoms with Crippen molar-refractivity contribution >= 4 is 5.69 Å². The van der Waals surface area contributed by atoms with E-state index in [0.29, 0.717) is 5.92 Å². The van der Waals surface area contributed by atoms with Gasteiger partial charge in [-0.25, -0.2) is 0 Å². The van der Waals surface area contributed by atoms with Gasteiger partial charge < -0.3 is 10.6 Å². The molecule has 0 aliphatic carbocycles. The van der Waals surface area contributed by atoms with Crippen LogP contribution in [-0.4, -0.2) is 0 Å². The van der Waals surface area contributed by atoms with Crippen LogP contribution >= 0.6 is 0 Å². The summed E-state index contributed by atoms with van der Waals surface area (Å²) in [6.07, 6.45) is 3.98. The lowest BCUT2D eigenvalue weighted by Crippen LogP contribution is -2.26. The van der Waals surface area contributed by atoms with Gasteiger partial charge in [0.15, 0.2) is 0 Å². The molecule has 0 atom stereocenters. The minimum absolute atomic E-state index is 0.163. The predicted molar refractivity (Wildman–Crippen MR) is 115 cm³/mol. The average molecular weight is 351 g/mol. The molecule has 0 unspecified atom stereocenters. The molecule has 26 heavy (non-hydrogen) atoms. The Labute approximate surface area is 159 Å². The molecule has 140 valence electrons. The second-order valence-electron chi connectivity index (χ2n) is 8.17. The fourth-order valence-electron chi connectivity index (χ4n) is 3.37. The van der Waals surface area contributed by atoms with Gasteiger partial charge in [0.1, 0.15) is 0 Å². The number of aryl methyl sites for hydroxylation is 3. The Morgan fingerprint density at radius 1 is 0.962 bits per heavy atom. The topological polar surface area (TPSA) is 24.1 Å². The lowest BCUT2D eigenvalue weighted by molar-refractivity contribution is 0.369. The molecule has 0 amide bonds. The Bertz CT molecular complexity index is 747.